The van der Waals surface area contributed by atoms with Crippen molar-refractivity contribution >= 4 is 5.91 Å². The first-order valence-electron chi connectivity index (χ1n) is 11.4. The fourth-order valence-corrected chi connectivity index (χ4v) is 6.23. The molecule has 1 aromatic carbocycles. The van der Waals surface area contributed by atoms with Gasteiger partial charge in [-0.3, -0.25) is 4.79 Å². The predicted molar refractivity (Wildman–Crippen MR) is 114 cm³/mol. The minimum atomic E-state index is -0.345. The van der Waals surface area contributed by atoms with Crippen LogP contribution in [0.15, 0.2) is 24.3 Å². The van der Waals surface area contributed by atoms with Crippen molar-refractivity contribution in [3.05, 3.63) is 35.4 Å². The Hall–Kier alpha value is -1.39. The zero-order chi connectivity index (χ0) is 19.7. The molecular weight excluding hydrogens is 346 g/mol. The van der Waals surface area contributed by atoms with Crippen LogP contribution in [0.5, 0.6) is 0 Å². The van der Waals surface area contributed by atoms with Crippen LogP contribution in [0.4, 0.5) is 0 Å². The van der Waals surface area contributed by atoms with Gasteiger partial charge in [-0.15, -0.1) is 0 Å². The van der Waals surface area contributed by atoms with Crippen LogP contribution in [0.2, 0.25) is 0 Å². The molecule has 0 radical (unpaired) electrons. The summed E-state index contributed by atoms with van der Waals surface area (Å²) in [6.45, 7) is 7.76. The third-order valence-corrected chi connectivity index (χ3v) is 7.83. The largest absolute Gasteiger partial charge is 0.333 e. The molecule has 0 aromatic heterocycles. The van der Waals surface area contributed by atoms with Crippen LogP contribution in [0.1, 0.15) is 69.5 Å². The number of piperidine rings is 1. The molecular formula is C24H37N3O. The summed E-state index contributed by atoms with van der Waals surface area (Å²) >= 11 is 0. The van der Waals surface area contributed by atoms with E-state index in [0.717, 1.165) is 37.8 Å². The summed E-state index contributed by atoms with van der Waals surface area (Å²) in [5.74, 6) is 2.50. The molecule has 1 saturated carbocycles. The number of nitrogens with zero attached hydrogens (tertiary/aromatic N) is 1. The summed E-state index contributed by atoms with van der Waals surface area (Å²) in [4.78, 5) is 16.1. The van der Waals surface area contributed by atoms with Gasteiger partial charge < -0.3 is 16.0 Å². The van der Waals surface area contributed by atoms with Crippen LogP contribution in [-0.2, 0) is 10.2 Å². The Morgan fingerprint density at radius 3 is 2.46 bits per heavy atom. The molecule has 2 heterocycles. The lowest BCUT2D eigenvalue weighted by Crippen LogP contribution is -2.58. The van der Waals surface area contributed by atoms with Crippen molar-refractivity contribution in [1.82, 2.24) is 10.2 Å². The van der Waals surface area contributed by atoms with Crippen molar-refractivity contribution in [2.45, 2.75) is 63.8 Å². The molecule has 3 N–H and O–H groups in total. The average Bonchev–Trinajstić information content (AvgIpc) is 2.73. The number of nitrogens with one attached hydrogen (secondary N) is 1. The first kappa shape index (κ1) is 19.9. The second-order valence-electron chi connectivity index (χ2n) is 9.57. The van der Waals surface area contributed by atoms with Crippen LogP contribution in [0.25, 0.3) is 0 Å². The van der Waals surface area contributed by atoms with E-state index in [2.05, 4.69) is 48.3 Å². The van der Waals surface area contributed by atoms with E-state index in [1.807, 2.05) is 0 Å². The van der Waals surface area contributed by atoms with Gasteiger partial charge in [0.1, 0.15) is 0 Å². The summed E-state index contributed by atoms with van der Waals surface area (Å²) in [6.07, 6.45) is 6.84. The van der Waals surface area contributed by atoms with Crippen LogP contribution in [0, 0.1) is 17.8 Å². The molecule has 28 heavy (non-hydrogen) atoms. The molecule has 1 unspecified atom stereocenters. The Balaban J connectivity index is 1.72. The molecule has 1 amide bonds. The highest BCUT2D eigenvalue weighted by atomic mass is 16.2. The van der Waals surface area contributed by atoms with E-state index in [1.54, 1.807) is 0 Å². The van der Waals surface area contributed by atoms with Crippen molar-refractivity contribution in [1.29, 1.82) is 0 Å². The second-order valence-corrected chi connectivity index (χ2v) is 9.57. The van der Waals surface area contributed by atoms with Crippen LogP contribution < -0.4 is 11.1 Å². The maximum atomic E-state index is 13.9. The van der Waals surface area contributed by atoms with E-state index in [9.17, 15) is 4.79 Å². The summed E-state index contributed by atoms with van der Waals surface area (Å²) in [5.41, 5.74) is 8.38. The third kappa shape index (κ3) is 3.29. The lowest BCUT2D eigenvalue weighted by Gasteiger charge is -2.52. The third-order valence-electron chi connectivity index (χ3n) is 7.83. The van der Waals surface area contributed by atoms with Gasteiger partial charge in [0.25, 0.3) is 0 Å². The average molecular weight is 384 g/mol. The topological polar surface area (TPSA) is 58.4 Å². The first-order chi connectivity index (χ1) is 13.6. The number of hydrogen-bond acceptors (Lipinski definition) is 3. The number of amides is 1. The van der Waals surface area contributed by atoms with Crippen molar-refractivity contribution in [2.75, 3.05) is 26.2 Å². The van der Waals surface area contributed by atoms with E-state index in [1.165, 1.54) is 36.8 Å². The fourth-order valence-electron chi connectivity index (χ4n) is 6.23. The van der Waals surface area contributed by atoms with Crippen molar-refractivity contribution in [3.63, 3.8) is 0 Å². The van der Waals surface area contributed by atoms with Crippen LogP contribution in [0.3, 0.4) is 0 Å². The minimum absolute atomic E-state index is 0.209. The Bertz CT molecular complexity index is 687. The molecule has 1 aromatic rings. The summed E-state index contributed by atoms with van der Waals surface area (Å²) < 4.78 is 0. The van der Waals surface area contributed by atoms with E-state index < -0.39 is 0 Å². The van der Waals surface area contributed by atoms with Gasteiger partial charge in [0.05, 0.1) is 11.5 Å². The lowest BCUT2D eigenvalue weighted by molar-refractivity contribution is -0.145. The van der Waals surface area contributed by atoms with Gasteiger partial charge in [-0.2, -0.15) is 0 Å². The van der Waals surface area contributed by atoms with Gasteiger partial charge in [0, 0.05) is 13.1 Å². The van der Waals surface area contributed by atoms with Crippen LogP contribution >= 0.6 is 0 Å². The number of carbonyl (C=O) groups excluding carboxylic acids is 1. The lowest BCUT2D eigenvalue weighted by atomic mass is 9.64. The molecule has 1 spiro atoms. The van der Waals surface area contributed by atoms with Gasteiger partial charge >= 0.3 is 0 Å². The zero-order valence-electron chi connectivity index (χ0n) is 17.6. The van der Waals surface area contributed by atoms with Crippen molar-refractivity contribution in [2.24, 2.45) is 23.5 Å². The van der Waals surface area contributed by atoms with Crippen LogP contribution in [-0.4, -0.2) is 37.0 Å². The summed E-state index contributed by atoms with van der Waals surface area (Å²) in [5, 5.41) is 3.45. The normalized spacial score (nSPS) is 29.9. The molecule has 4 nitrogen and oxygen atoms in total. The number of hydrogen-bond donors (Lipinski definition) is 2. The Labute approximate surface area is 170 Å². The molecule has 0 bridgehead atoms. The van der Waals surface area contributed by atoms with Crippen molar-refractivity contribution < 1.29 is 4.79 Å². The maximum absolute atomic E-state index is 13.9. The van der Waals surface area contributed by atoms with Gasteiger partial charge in [-0.25, -0.2) is 0 Å². The molecule has 4 rings (SSSR count). The highest BCUT2D eigenvalue weighted by molar-refractivity contribution is 5.91. The number of benzene rings is 1. The number of nitrogens with two attached hydrogens (primary N) is 1. The molecule has 2 fully saturated rings. The molecule has 2 aliphatic heterocycles. The summed E-state index contributed by atoms with van der Waals surface area (Å²) in [7, 11) is 0. The van der Waals surface area contributed by atoms with E-state index >= 15 is 0 Å². The van der Waals surface area contributed by atoms with Crippen molar-refractivity contribution in [3.8, 4) is 0 Å². The van der Waals surface area contributed by atoms with E-state index in [4.69, 9.17) is 5.73 Å². The number of carbonyl (C=O) groups is 1. The molecule has 154 valence electrons. The molecule has 3 aliphatic rings. The minimum Gasteiger partial charge on any atom is -0.333 e. The zero-order valence-corrected chi connectivity index (χ0v) is 17.6. The first-order valence-corrected chi connectivity index (χ1v) is 11.4. The molecule has 1 saturated heterocycles. The Morgan fingerprint density at radius 2 is 1.82 bits per heavy atom. The molecule has 1 aliphatic carbocycles. The Morgan fingerprint density at radius 1 is 1.14 bits per heavy atom. The van der Waals surface area contributed by atoms with Gasteiger partial charge in [0.2, 0.25) is 5.91 Å². The standard InChI is InChI=1S/C24H37N3O/c1-17(2)18-7-9-19(10-8-18)22-20-5-3-4-6-21(20)24(11-14-26-15-12-24)23(28)27(22)16-13-25/h3-6,17-19,22,26H,7-16,25H2,1-2H3. The van der Waals surface area contributed by atoms with Gasteiger partial charge in [-0.05, 0) is 80.5 Å². The quantitative estimate of drug-likeness (QED) is 0.835. The fraction of sp³-hybridized carbons (Fsp3) is 0.708. The van der Waals surface area contributed by atoms with E-state index in [-0.39, 0.29) is 11.5 Å². The predicted octanol–water partition coefficient (Wildman–Crippen LogP) is 3.61. The highest BCUT2D eigenvalue weighted by Crippen LogP contribution is 2.51. The monoisotopic (exact) mass is 383 g/mol. The Kier molecular flexibility index (Phi) is 5.80. The summed E-state index contributed by atoms with van der Waals surface area (Å²) in [6, 6.07) is 9.04. The number of rotatable bonds is 4. The van der Waals surface area contributed by atoms with Gasteiger partial charge in [-0.1, -0.05) is 38.1 Å². The molecule has 1 atom stereocenters. The smallest absolute Gasteiger partial charge is 0.233 e. The molecule has 4 heteroatoms. The SMILES string of the molecule is CC(C)C1CCC(C2c3ccccc3C3(CCNCC3)C(=O)N2CCN)CC1. The van der Waals surface area contributed by atoms with E-state index in [0.29, 0.717) is 24.9 Å². The number of fused-ring (bicyclic) bond motifs is 2. The second kappa shape index (κ2) is 8.16. The maximum Gasteiger partial charge on any atom is 0.233 e. The van der Waals surface area contributed by atoms with Gasteiger partial charge in [0.15, 0.2) is 0 Å². The highest BCUT2D eigenvalue weighted by Gasteiger charge is 2.52.